The second-order valence-corrected chi connectivity index (χ2v) is 8.78. The van der Waals surface area contributed by atoms with Gasteiger partial charge in [-0.15, -0.1) is 0 Å². The van der Waals surface area contributed by atoms with Gasteiger partial charge in [0.1, 0.15) is 5.82 Å². The molecule has 0 aliphatic carbocycles. The number of esters is 1. The van der Waals surface area contributed by atoms with Crippen molar-refractivity contribution in [1.82, 2.24) is 14.8 Å². The highest BCUT2D eigenvalue weighted by Gasteiger charge is 2.38. The van der Waals surface area contributed by atoms with Crippen molar-refractivity contribution in [2.45, 2.75) is 38.8 Å². The van der Waals surface area contributed by atoms with Gasteiger partial charge in [0.05, 0.1) is 30.6 Å². The third-order valence-electron chi connectivity index (χ3n) is 6.30. The maximum absolute atomic E-state index is 13.4. The van der Waals surface area contributed by atoms with E-state index in [9.17, 15) is 27.6 Å². The Labute approximate surface area is 197 Å². The molecule has 2 unspecified atom stereocenters. The number of aromatic nitrogens is 1. The fourth-order valence-corrected chi connectivity index (χ4v) is 4.59. The number of nitrogens with zero attached hydrogens (tertiary/aromatic N) is 4. The summed E-state index contributed by atoms with van der Waals surface area (Å²) in [6.45, 7) is 3.10. The molecule has 0 bridgehead atoms. The molecule has 34 heavy (non-hydrogen) atoms. The number of hydrogen-bond donors (Lipinski definition) is 0. The number of rotatable bonds is 6. The van der Waals surface area contributed by atoms with Crippen LogP contribution < -0.4 is 4.90 Å². The predicted octanol–water partition coefficient (Wildman–Crippen LogP) is 2.58. The van der Waals surface area contributed by atoms with E-state index in [1.165, 1.54) is 29.1 Å². The first-order valence-electron chi connectivity index (χ1n) is 11.6. The first-order valence-corrected chi connectivity index (χ1v) is 11.6. The zero-order valence-corrected chi connectivity index (χ0v) is 19.5. The number of likely N-dealkylation sites (tertiary alicyclic amines) is 1. The van der Waals surface area contributed by atoms with Gasteiger partial charge in [0, 0.05) is 39.4 Å². The maximum Gasteiger partial charge on any atom is 0.419 e. The van der Waals surface area contributed by atoms with E-state index in [0.29, 0.717) is 38.8 Å². The number of likely N-dealkylation sites (N-methyl/N-ethyl adjacent to an activating group) is 1. The summed E-state index contributed by atoms with van der Waals surface area (Å²) >= 11 is 0. The molecular formula is C23H31F3N4O4. The van der Waals surface area contributed by atoms with Gasteiger partial charge in [-0.25, -0.2) is 4.98 Å². The normalized spacial score (nSPS) is 21.2. The average molecular weight is 485 g/mol. The molecule has 188 valence electrons. The molecule has 2 fully saturated rings. The van der Waals surface area contributed by atoms with Gasteiger partial charge >= 0.3 is 12.1 Å². The van der Waals surface area contributed by atoms with Gasteiger partial charge in [-0.1, -0.05) is 0 Å². The molecule has 2 atom stereocenters. The SMILES string of the molecule is CCOC(=O)C1CCCN(C(=O)CN(C)C(=O)C2CCCN(c3ncccc3C(F)(F)F)C2)C1. The molecule has 0 radical (unpaired) electrons. The van der Waals surface area contributed by atoms with E-state index in [1.807, 2.05) is 0 Å². The minimum Gasteiger partial charge on any atom is -0.466 e. The van der Waals surface area contributed by atoms with Crippen LogP contribution in [0.2, 0.25) is 0 Å². The summed E-state index contributed by atoms with van der Waals surface area (Å²) in [4.78, 5) is 46.2. The van der Waals surface area contributed by atoms with E-state index in [4.69, 9.17) is 4.74 Å². The van der Waals surface area contributed by atoms with Gasteiger partial charge in [-0.05, 0) is 44.7 Å². The van der Waals surface area contributed by atoms with Gasteiger partial charge in [0.15, 0.2) is 0 Å². The Hall–Kier alpha value is -2.85. The van der Waals surface area contributed by atoms with E-state index in [1.54, 1.807) is 11.8 Å². The lowest BCUT2D eigenvalue weighted by Gasteiger charge is -2.36. The molecule has 1 aromatic heterocycles. The first-order chi connectivity index (χ1) is 16.1. The van der Waals surface area contributed by atoms with Crippen molar-refractivity contribution in [3.63, 3.8) is 0 Å². The van der Waals surface area contributed by atoms with E-state index in [-0.39, 0.29) is 55.8 Å². The highest BCUT2D eigenvalue weighted by atomic mass is 19.4. The highest BCUT2D eigenvalue weighted by molar-refractivity contribution is 5.86. The molecule has 3 heterocycles. The zero-order chi connectivity index (χ0) is 24.9. The van der Waals surface area contributed by atoms with Crippen LogP contribution in [0.1, 0.15) is 38.2 Å². The van der Waals surface area contributed by atoms with E-state index in [0.717, 1.165) is 6.07 Å². The molecule has 2 saturated heterocycles. The number of amides is 2. The molecule has 2 aliphatic rings. The topological polar surface area (TPSA) is 83.0 Å². The van der Waals surface area contributed by atoms with Crippen LogP contribution in [0, 0.1) is 11.8 Å². The fourth-order valence-electron chi connectivity index (χ4n) is 4.59. The lowest BCUT2D eigenvalue weighted by molar-refractivity contribution is -0.152. The molecule has 0 saturated carbocycles. The molecular weight excluding hydrogens is 453 g/mol. The lowest BCUT2D eigenvalue weighted by atomic mass is 9.96. The Morgan fingerprint density at radius 3 is 2.56 bits per heavy atom. The smallest absolute Gasteiger partial charge is 0.419 e. The summed E-state index contributed by atoms with van der Waals surface area (Å²) < 4.78 is 45.3. The summed E-state index contributed by atoms with van der Waals surface area (Å²) in [7, 11) is 1.52. The van der Waals surface area contributed by atoms with E-state index in [2.05, 4.69) is 4.98 Å². The molecule has 1 aromatic rings. The first kappa shape index (κ1) is 25.8. The number of carbonyl (C=O) groups is 3. The van der Waals surface area contributed by atoms with Crippen molar-refractivity contribution < 1.29 is 32.3 Å². The number of piperidine rings is 2. The van der Waals surface area contributed by atoms with Crippen molar-refractivity contribution in [3.05, 3.63) is 23.9 Å². The van der Waals surface area contributed by atoms with Crippen molar-refractivity contribution in [2.75, 3.05) is 51.3 Å². The van der Waals surface area contributed by atoms with Gasteiger partial charge in [0.2, 0.25) is 11.8 Å². The largest absolute Gasteiger partial charge is 0.466 e. The van der Waals surface area contributed by atoms with Crippen LogP contribution in [0.25, 0.3) is 0 Å². The van der Waals surface area contributed by atoms with Crippen LogP contribution in [0.4, 0.5) is 19.0 Å². The van der Waals surface area contributed by atoms with Crippen LogP contribution in [0.15, 0.2) is 18.3 Å². The van der Waals surface area contributed by atoms with Crippen LogP contribution in [-0.4, -0.2) is 78.9 Å². The predicted molar refractivity (Wildman–Crippen MR) is 118 cm³/mol. The lowest BCUT2D eigenvalue weighted by Crippen LogP contribution is -2.49. The summed E-state index contributed by atoms with van der Waals surface area (Å²) in [5.74, 6) is -1.96. The summed E-state index contributed by atoms with van der Waals surface area (Å²) in [6, 6.07) is 2.23. The summed E-state index contributed by atoms with van der Waals surface area (Å²) in [6.07, 6.45) is -0.836. The van der Waals surface area contributed by atoms with E-state index >= 15 is 0 Å². The Kier molecular flexibility index (Phi) is 8.37. The molecule has 0 N–H and O–H groups in total. The van der Waals surface area contributed by atoms with Gasteiger partial charge in [-0.3, -0.25) is 14.4 Å². The Morgan fingerprint density at radius 1 is 1.15 bits per heavy atom. The second kappa shape index (κ2) is 11.1. The standard InChI is InChI=1S/C23H31F3N4O4/c1-3-34-22(33)17-8-6-11-29(14-17)19(31)15-28(2)21(32)16-7-5-12-30(13-16)20-18(23(24,25)26)9-4-10-27-20/h4,9-10,16-17H,3,5-8,11-15H2,1-2H3. The number of hydrogen-bond acceptors (Lipinski definition) is 6. The number of carbonyl (C=O) groups excluding carboxylic acids is 3. The molecule has 3 rings (SSSR count). The molecule has 8 nitrogen and oxygen atoms in total. The van der Waals surface area contributed by atoms with Gasteiger partial charge < -0.3 is 19.4 Å². The van der Waals surface area contributed by atoms with Crippen LogP contribution >= 0.6 is 0 Å². The summed E-state index contributed by atoms with van der Waals surface area (Å²) in [5, 5.41) is 0. The number of pyridine rings is 1. The summed E-state index contributed by atoms with van der Waals surface area (Å²) in [5.41, 5.74) is -0.826. The van der Waals surface area contributed by atoms with Crippen LogP contribution in [0.3, 0.4) is 0 Å². The minimum absolute atomic E-state index is 0.103. The molecule has 2 amide bonds. The van der Waals surface area contributed by atoms with Crippen molar-refractivity contribution in [2.24, 2.45) is 11.8 Å². The number of alkyl halides is 3. The van der Waals surface area contributed by atoms with E-state index < -0.39 is 17.7 Å². The van der Waals surface area contributed by atoms with Gasteiger partial charge in [0.25, 0.3) is 0 Å². The third kappa shape index (κ3) is 6.18. The number of halogens is 3. The maximum atomic E-state index is 13.4. The minimum atomic E-state index is -4.54. The van der Waals surface area contributed by atoms with Gasteiger partial charge in [-0.2, -0.15) is 13.2 Å². The average Bonchev–Trinajstić information content (AvgIpc) is 2.83. The monoisotopic (exact) mass is 484 g/mol. The second-order valence-electron chi connectivity index (χ2n) is 8.78. The van der Waals surface area contributed by atoms with Crippen LogP contribution in [-0.2, 0) is 25.3 Å². The molecule has 2 aliphatic heterocycles. The zero-order valence-electron chi connectivity index (χ0n) is 19.5. The quantitative estimate of drug-likeness (QED) is 0.578. The fraction of sp³-hybridized carbons (Fsp3) is 0.652. The Balaban J connectivity index is 1.60. The van der Waals surface area contributed by atoms with Crippen molar-refractivity contribution in [1.29, 1.82) is 0 Å². The Bertz CT molecular complexity index is 895. The van der Waals surface area contributed by atoms with Crippen molar-refractivity contribution in [3.8, 4) is 0 Å². The molecule has 0 aromatic carbocycles. The number of ether oxygens (including phenoxy) is 1. The molecule has 0 spiro atoms. The third-order valence-corrected chi connectivity index (χ3v) is 6.30. The van der Waals surface area contributed by atoms with Crippen LogP contribution in [0.5, 0.6) is 0 Å². The number of anilines is 1. The highest BCUT2D eigenvalue weighted by Crippen LogP contribution is 2.36. The van der Waals surface area contributed by atoms with Crippen molar-refractivity contribution >= 4 is 23.6 Å². The Morgan fingerprint density at radius 2 is 1.85 bits per heavy atom. The molecule has 11 heteroatoms.